The summed E-state index contributed by atoms with van der Waals surface area (Å²) < 4.78 is 0. The quantitative estimate of drug-likeness (QED) is 0.816. The van der Waals surface area contributed by atoms with Gasteiger partial charge in [0.1, 0.15) is 0 Å². The third-order valence-electron chi connectivity index (χ3n) is 3.13. The van der Waals surface area contributed by atoms with Gasteiger partial charge >= 0.3 is 0 Å². The minimum Gasteiger partial charge on any atom is -0.330 e. The summed E-state index contributed by atoms with van der Waals surface area (Å²) in [4.78, 5) is 4.60. The van der Waals surface area contributed by atoms with Crippen molar-refractivity contribution in [2.75, 3.05) is 6.54 Å². The molecule has 0 spiro atoms. The summed E-state index contributed by atoms with van der Waals surface area (Å²) in [5.74, 6) is 0. The van der Waals surface area contributed by atoms with Crippen molar-refractivity contribution in [3.8, 4) is 0 Å². The number of hydrogen-bond acceptors (Lipinski definition) is 2. The average molecular weight is 228 g/mol. The Morgan fingerprint density at radius 3 is 2.71 bits per heavy atom. The fourth-order valence-corrected chi connectivity index (χ4v) is 2.25. The Morgan fingerprint density at radius 2 is 1.94 bits per heavy atom. The first-order chi connectivity index (χ1) is 8.20. The van der Waals surface area contributed by atoms with Crippen molar-refractivity contribution < 1.29 is 0 Å². The minimum absolute atomic E-state index is 0.782. The molecule has 0 fully saturated rings. The lowest BCUT2D eigenvalue weighted by Crippen LogP contribution is -1.99. The smallest absolute Gasteiger partial charge is 0.0710 e. The van der Waals surface area contributed by atoms with E-state index in [0.29, 0.717) is 0 Å². The molecular weight excluding hydrogens is 208 g/mol. The molecule has 90 valence electrons. The Bertz CT molecular complexity index is 518. The summed E-state index contributed by atoms with van der Waals surface area (Å²) in [6, 6.07) is 8.75. The fourth-order valence-electron chi connectivity index (χ4n) is 2.25. The average Bonchev–Trinajstić information content (AvgIpc) is 2.28. The van der Waals surface area contributed by atoms with Crippen LogP contribution >= 0.6 is 0 Å². The summed E-state index contributed by atoms with van der Waals surface area (Å²) in [5.41, 5.74) is 10.4. The second kappa shape index (κ2) is 5.28. The maximum Gasteiger partial charge on any atom is 0.0710 e. The first-order valence-corrected chi connectivity index (χ1v) is 6.27. The maximum absolute atomic E-state index is 5.51. The van der Waals surface area contributed by atoms with E-state index >= 15 is 0 Å². The number of aryl methyl sites for hydroxylation is 3. The molecule has 0 unspecified atom stereocenters. The molecule has 1 aromatic carbocycles. The SMILES string of the molecule is Cc1cc(C)c2ccc(CCCCN)cc2n1. The second-order valence-electron chi connectivity index (χ2n) is 4.68. The molecule has 2 N–H and O–H groups in total. The van der Waals surface area contributed by atoms with Gasteiger partial charge in [0.2, 0.25) is 0 Å². The van der Waals surface area contributed by atoms with Crippen LogP contribution in [-0.4, -0.2) is 11.5 Å². The Labute approximate surface area is 103 Å². The Balaban J connectivity index is 2.30. The summed E-state index contributed by atoms with van der Waals surface area (Å²) in [5, 5.41) is 1.26. The standard InChI is InChI=1S/C15H20N2/c1-11-9-12(2)17-15-10-13(5-3-4-8-16)6-7-14(11)15/h6-7,9-10H,3-5,8,16H2,1-2H3. The molecule has 0 aliphatic carbocycles. The van der Waals surface area contributed by atoms with E-state index in [2.05, 4.69) is 36.2 Å². The molecule has 0 atom stereocenters. The van der Waals surface area contributed by atoms with Crippen LogP contribution in [0.2, 0.25) is 0 Å². The molecule has 0 bridgehead atoms. The summed E-state index contributed by atoms with van der Waals surface area (Å²) in [6.07, 6.45) is 3.35. The first kappa shape index (κ1) is 12.1. The van der Waals surface area contributed by atoms with Crippen LogP contribution in [0.25, 0.3) is 10.9 Å². The predicted octanol–water partition coefficient (Wildman–Crippen LogP) is 3.13. The molecule has 1 heterocycles. The highest BCUT2D eigenvalue weighted by molar-refractivity contribution is 5.82. The van der Waals surface area contributed by atoms with Gasteiger partial charge in [-0.15, -0.1) is 0 Å². The Morgan fingerprint density at radius 1 is 1.12 bits per heavy atom. The van der Waals surface area contributed by atoms with Crippen LogP contribution < -0.4 is 5.73 Å². The fraction of sp³-hybridized carbons (Fsp3) is 0.400. The van der Waals surface area contributed by atoms with Crippen LogP contribution in [0, 0.1) is 13.8 Å². The van der Waals surface area contributed by atoms with E-state index in [9.17, 15) is 0 Å². The van der Waals surface area contributed by atoms with E-state index in [0.717, 1.165) is 37.0 Å². The van der Waals surface area contributed by atoms with Crippen molar-refractivity contribution in [2.45, 2.75) is 33.1 Å². The van der Waals surface area contributed by atoms with Gasteiger partial charge in [-0.25, -0.2) is 0 Å². The number of pyridine rings is 1. The van der Waals surface area contributed by atoms with E-state index in [1.54, 1.807) is 0 Å². The number of rotatable bonds is 4. The highest BCUT2D eigenvalue weighted by Gasteiger charge is 2.02. The molecule has 17 heavy (non-hydrogen) atoms. The van der Waals surface area contributed by atoms with Gasteiger partial charge in [-0.1, -0.05) is 12.1 Å². The number of nitrogens with zero attached hydrogens (tertiary/aromatic N) is 1. The van der Waals surface area contributed by atoms with Gasteiger partial charge in [-0.05, 0) is 62.9 Å². The van der Waals surface area contributed by atoms with Crippen LogP contribution in [0.4, 0.5) is 0 Å². The van der Waals surface area contributed by atoms with E-state index in [1.807, 2.05) is 6.92 Å². The monoisotopic (exact) mass is 228 g/mol. The number of nitrogens with two attached hydrogens (primary N) is 1. The van der Waals surface area contributed by atoms with Crippen molar-refractivity contribution in [1.82, 2.24) is 4.98 Å². The third-order valence-corrected chi connectivity index (χ3v) is 3.13. The van der Waals surface area contributed by atoms with Gasteiger partial charge in [-0.3, -0.25) is 4.98 Å². The molecule has 2 rings (SSSR count). The first-order valence-electron chi connectivity index (χ1n) is 6.27. The van der Waals surface area contributed by atoms with Crippen molar-refractivity contribution in [3.63, 3.8) is 0 Å². The number of hydrogen-bond donors (Lipinski definition) is 1. The number of fused-ring (bicyclic) bond motifs is 1. The van der Waals surface area contributed by atoms with Gasteiger partial charge in [0.15, 0.2) is 0 Å². The summed E-state index contributed by atoms with van der Waals surface area (Å²) >= 11 is 0. The zero-order chi connectivity index (χ0) is 12.3. The normalized spacial score (nSPS) is 11.0. The molecule has 0 amide bonds. The zero-order valence-corrected chi connectivity index (χ0v) is 10.7. The molecule has 1 aromatic heterocycles. The second-order valence-corrected chi connectivity index (χ2v) is 4.68. The van der Waals surface area contributed by atoms with E-state index in [4.69, 9.17) is 5.73 Å². The van der Waals surface area contributed by atoms with Crippen molar-refractivity contribution in [2.24, 2.45) is 5.73 Å². The number of aromatic nitrogens is 1. The Hall–Kier alpha value is -1.41. The molecule has 0 aliphatic rings. The predicted molar refractivity (Wildman–Crippen MR) is 73.2 cm³/mol. The maximum atomic E-state index is 5.51. The molecule has 0 saturated heterocycles. The van der Waals surface area contributed by atoms with E-state index < -0.39 is 0 Å². The van der Waals surface area contributed by atoms with Gasteiger partial charge < -0.3 is 5.73 Å². The number of unbranched alkanes of at least 4 members (excludes halogenated alkanes) is 1. The third kappa shape index (κ3) is 2.83. The van der Waals surface area contributed by atoms with Crippen LogP contribution in [0.15, 0.2) is 24.3 Å². The summed E-state index contributed by atoms with van der Waals surface area (Å²) in [6.45, 7) is 4.97. The molecule has 2 heteroatoms. The molecule has 0 aliphatic heterocycles. The van der Waals surface area contributed by atoms with Gasteiger partial charge in [0, 0.05) is 11.1 Å². The lowest BCUT2D eigenvalue weighted by atomic mass is 10.0. The molecular formula is C15H20N2. The van der Waals surface area contributed by atoms with E-state index in [-0.39, 0.29) is 0 Å². The van der Waals surface area contributed by atoms with Gasteiger partial charge in [0.25, 0.3) is 0 Å². The molecule has 0 radical (unpaired) electrons. The summed E-state index contributed by atoms with van der Waals surface area (Å²) in [7, 11) is 0. The zero-order valence-electron chi connectivity index (χ0n) is 10.7. The van der Waals surface area contributed by atoms with Crippen molar-refractivity contribution in [1.29, 1.82) is 0 Å². The highest BCUT2D eigenvalue weighted by atomic mass is 14.7. The van der Waals surface area contributed by atoms with E-state index in [1.165, 1.54) is 16.5 Å². The van der Waals surface area contributed by atoms with Gasteiger partial charge in [-0.2, -0.15) is 0 Å². The van der Waals surface area contributed by atoms with Crippen LogP contribution in [0.3, 0.4) is 0 Å². The van der Waals surface area contributed by atoms with Crippen LogP contribution in [0.5, 0.6) is 0 Å². The molecule has 2 aromatic rings. The molecule has 2 nitrogen and oxygen atoms in total. The van der Waals surface area contributed by atoms with Crippen LogP contribution in [0.1, 0.15) is 29.7 Å². The molecule has 0 saturated carbocycles. The van der Waals surface area contributed by atoms with Crippen molar-refractivity contribution in [3.05, 3.63) is 41.1 Å². The largest absolute Gasteiger partial charge is 0.330 e. The topological polar surface area (TPSA) is 38.9 Å². The van der Waals surface area contributed by atoms with Gasteiger partial charge in [0.05, 0.1) is 5.52 Å². The highest BCUT2D eigenvalue weighted by Crippen LogP contribution is 2.19. The minimum atomic E-state index is 0.782. The number of benzene rings is 1. The Kier molecular flexibility index (Phi) is 3.75. The lowest BCUT2D eigenvalue weighted by Gasteiger charge is -2.06. The van der Waals surface area contributed by atoms with Crippen LogP contribution in [-0.2, 0) is 6.42 Å². The van der Waals surface area contributed by atoms with Crippen molar-refractivity contribution >= 4 is 10.9 Å². The lowest BCUT2D eigenvalue weighted by molar-refractivity contribution is 0.745.